The standard InChI is InChI=1S/C12H14N4O4/c13-10(17)9-2-1-5-16(9)12(20)15-7-3-4-8(11(18)19)14-6-7/h3-4,6,9H,1-2,5H2,(H2,13,17)(H,15,20)(H,18,19). The number of urea groups is 1. The van der Waals surface area contributed by atoms with Crippen LogP contribution in [0.2, 0.25) is 0 Å². The molecule has 4 N–H and O–H groups in total. The maximum absolute atomic E-state index is 12.0. The molecule has 0 aromatic carbocycles. The maximum atomic E-state index is 12.0. The quantitative estimate of drug-likeness (QED) is 0.731. The van der Waals surface area contributed by atoms with Crippen molar-refractivity contribution < 1.29 is 19.5 Å². The highest BCUT2D eigenvalue weighted by atomic mass is 16.4. The number of carbonyl (C=O) groups excluding carboxylic acids is 2. The highest BCUT2D eigenvalue weighted by Crippen LogP contribution is 2.18. The minimum absolute atomic E-state index is 0.112. The van der Waals surface area contributed by atoms with E-state index in [2.05, 4.69) is 10.3 Å². The Hall–Kier alpha value is -2.64. The van der Waals surface area contributed by atoms with Gasteiger partial charge in [0, 0.05) is 6.54 Å². The molecule has 8 nitrogen and oxygen atoms in total. The van der Waals surface area contributed by atoms with Crippen LogP contribution in [0.4, 0.5) is 10.5 Å². The maximum Gasteiger partial charge on any atom is 0.354 e. The summed E-state index contributed by atoms with van der Waals surface area (Å²) >= 11 is 0. The Morgan fingerprint density at radius 1 is 1.40 bits per heavy atom. The van der Waals surface area contributed by atoms with E-state index in [0.29, 0.717) is 18.7 Å². The van der Waals surface area contributed by atoms with Crippen molar-refractivity contribution >= 4 is 23.6 Å². The van der Waals surface area contributed by atoms with Gasteiger partial charge in [0.25, 0.3) is 0 Å². The van der Waals surface area contributed by atoms with Crippen molar-refractivity contribution in [1.29, 1.82) is 0 Å². The molecule has 1 atom stereocenters. The largest absolute Gasteiger partial charge is 0.477 e. The zero-order chi connectivity index (χ0) is 14.7. The number of nitrogens with zero attached hydrogens (tertiary/aromatic N) is 2. The van der Waals surface area contributed by atoms with Crippen molar-refractivity contribution in [2.75, 3.05) is 11.9 Å². The van der Waals surface area contributed by atoms with Crippen LogP contribution in [-0.2, 0) is 4.79 Å². The lowest BCUT2D eigenvalue weighted by Crippen LogP contribution is -2.45. The predicted octanol–water partition coefficient (Wildman–Crippen LogP) is 0.261. The van der Waals surface area contributed by atoms with Crippen LogP contribution in [0.3, 0.4) is 0 Å². The summed E-state index contributed by atoms with van der Waals surface area (Å²) in [4.78, 5) is 38.9. The molecule has 1 fully saturated rings. The van der Waals surface area contributed by atoms with Gasteiger partial charge in [-0.2, -0.15) is 0 Å². The van der Waals surface area contributed by atoms with E-state index in [1.807, 2.05) is 0 Å². The monoisotopic (exact) mass is 278 g/mol. The second kappa shape index (κ2) is 5.55. The number of nitrogens with one attached hydrogen (secondary N) is 1. The third-order valence-corrected chi connectivity index (χ3v) is 3.08. The van der Waals surface area contributed by atoms with Crippen molar-refractivity contribution in [1.82, 2.24) is 9.88 Å². The van der Waals surface area contributed by atoms with Gasteiger partial charge in [0.05, 0.1) is 11.9 Å². The number of carbonyl (C=O) groups is 3. The van der Waals surface area contributed by atoms with Crippen LogP contribution in [0.15, 0.2) is 18.3 Å². The topological polar surface area (TPSA) is 126 Å². The summed E-state index contributed by atoms with van der Waals surface area (Å²) in [7, 11) is 0. The fourth-order valence-corrected chi connectivity index (χ4v) is 2.10. The number of primary amides is 1. The molecule has 2 heterocycles. The average molecular weight is 278 g/mol. The summed E-state index contributed by atoms with van der Waals surface area (Å²) in [5, 5.41) is 11.3. The number of carboxylic acid groups (broad SMARTS) is 1. The van der Waals surface area contributed by atoms with Crippen LogP contribution in [0.5, 0.6) is 0 Å². The molecule has 2 rings (SSSR count). The molecule has 20 heavy (non-hydrogen) atoms. The minimum atomic E-state index is -1.14. The molecule has 0 radical (unpaired) electrons. The van der Waals surface area contributed by atoms with Gasteiger partial charge in [-0.25, -0.2) is 14.6 Å². The van der Waals surface area contributed by atoms with E-state index in [9.17, 15) is 14.4 Å². The smallest absolute Gasteiger partial charge is 0.354 e. The van der Waals surface area contributed by atoms with Crippen molar-refractivity contribution in [2.45, 2.75) is 18.9 Å². The number of carboxylic acids is 1. The molecule has 1 aliphatic heterocycles. The van der Waals surface area contributed by atoms with E-state index >= 15 is 0 Å². The average Bonchev–Trinajstić information content (AvgIpc) is 2.88. The van der Waals surface area contributed by atoms with E-state index in [4.69, 9.17) is 10.8 Å². The number of anilines is 1. The minimum Gasteiger partial charge on any atom is -0.477 e. The Morgan fingerprint density at radius 3 is 2.70 bits per heavy atom. The highest BCUT2D eigenvalue weighted by molar-refractivity contribution is 5.94. The van der Waals surface area contributed by atoms with Gasteiger partial charge in [0.15, 0.2) is 0 Å². The van der Waals surface area contributed by atoms with Crippen LogP contribution in [0.1, 0.15) is 23.3 Å². The summed E-state index contributed by atoms with van der Waals surface area (Å²) in [6.07, 6.45) is 2.52. The molecule has 1 aliphatic rings. The Morgan fingerprint density at radius 2 is 2.15 bits per heavy atom. The van der Waals surface area contributed by atoms with Gasteiger partial charge in [-0.05, 0) is 25.0 Å². The number of hydrogen-bond acceptors (Lipinski definition) is 4. The first-order chi connectivity index (χ1) is 9.49. The van der Waals surface area contributed by atoms with Crippen molar-refractivity contribution in [3.05, 3.63) is 24.0 Å². The van der Waals surface area contributed by atoms with Crippen LogP contribution in [0, 0.1) is 0 Å². The van der Waals surface area contributed by atoms with E-state index < -0.39 is 23.9 Å². The number of rotatable bonds is 3. The van der Waals surface area contributed by atoms with Gasteiger partial charge in [-0.1, -0.05) is 0 Å². The summed E-state index contributed by atoms with van der Waals surface area (Å²) in [6, 6.07) is 1.68. The number of pyridine rings is 1. The van der Waals surface area contributed by atoms with Gasteiger partial charge < -0.3 is 21.1 Å². The Balaban J connectivity index is 2.04. The first kappa shape index (κ1) is 13.8. The summed E-state index contributed by atoms with van der Waals surface area (Å²) in [5.74, 6) is -1.67. The number of aromatic carboxylic acids is 1. The molecule has 1 aromatic rings. The number of hydrogen-bond donors (Lipinski definition) is 3. The fourth-order valence-electron chi connectivity index (χ4n) is 2.10. The van der Waals surface area contributed by atoms with E-state index in [-0.39, 0.29) is 5.69 Å². The molecule has 0 saturated carbocycles. The van der Waals surface area contributed by atoms with E-state index in [1.54, 1.807) is 0 Å². The number of likely N-dealkylation sites (tertiary alicyclic amines) is 1. The van der Waals surface area contributed by atoms with Gasteiger partial charge in [0.1, 0.15) is 11.7 Å². The molecular formula is C12H14N4O4. The molecule has 1 aromatic heterocycles. The molecule has 3 amide bonds. The third-order valence-electron chi connectivity index (χ3n) is 3.08. The molecule has 0 bridgehead atoms. The molecular weight excluding hydrogens is 264 g/mol. The fraction of sp³-hybridized carbons (Fsp3) is 0.333. The number of amides is 3. The molecule has 1 unspecified atom stereocenters. The van der Waals surface area contributed by atoms with Gasteiger partial charge >= 0.3 is 12.0 Å². The second-order valence-corrected chi connectivity index (χ2v) is 4.42. The van der Waals surface area contributed by atoms with E-state index in [1.165, 1.54) is 23.2 Å². The van der Waals surface area contributed by atoms with Gasteiger partial charge in [-0.15, -0.1) is 0 Å². The lowest BCUT2D eigenvalue weighted by molar-refractivity contribution is -0.121. The summed E-state index contributed by atoms with van der Waals surface area (Å²) < 4.78 is 0. The Labute approximate surface area is 114 Å². The normalized spacial score (nSPS) is 17.8. The Kier molecular flexibility index (Phi) is 3.83. The summed E-state index contributed by atoms with van der Waals surface area (Å²) in [6.45, 7) is 0.458. The van der Waals surface area contributed by atoms with Crippen LogP contribution in [0.25, 0.3) is 0 Å². The van der Waals surface area contributed by atoms with Crippen LogP contribution >= 0.6 is 0 Å². The highest BCUT2D eigenvalue weighted by Gasteiger charge is 2.32. The molecule has 0 spiro atoms. The molecule has 106 valence electrons. The first-order valence-corrected chi connectivity index (χ1v) is 6.05. The predicted molar refractivity (Wildman–Crippen MR) is 69.1 cm³/mol. The number of aromatic nitrogens is 1. The van der Waals surface area contributed by atoms with Crippen LogP contribution < -0.4 is 11.1 Å². The van der Waals surface area contributed by atoms with E-state index in [0.717, 1.165) is 6.42 Å². The first-order valence-electron chi connectivity index (χ1n) is 6.05. The molecule has 0 aliphatic carbocycles. The van der Waals surface area contributed by atoms with Crippen molar-refractivity contribution in [3.63, 3.8) is 0 Å². The van der Waals surface area contributed by atoms with Crippen molar-refractivity contribution in [2.24, 2.45) is 5.73 Å². The lowest BCUT2D eigenvalue weighted by Gasteiger charge is -2.22. The number of nitrogens with two attached hydrogens (primary N) is 1. The second-order valence-electron chi connectivity index (χ2n) is 4.42. The molecule has 8 heteroatoms. The SMILES string of the molecule is NC(=O)C1CCCN1C(=O)Nc1ccc(C(=O)O)nc1. The third kappa shape index (κ3) is 2.85. The summed E-state index contributed by atoms with van der Waals surface area (Å²) in [5.41, 5.74) is 5.48. The van der Waals surface area contributed by atoms with Crippen molar-refractivity contribution in [3.8, 4) is 0 Å². The zero-order valence-corrected chi connectivity index (χ0v) is 10.6. The van der Waals surface area contributed by atoms with Crippen LogP contribution in [-0.4, -0.2) is 45.5 Å². The lowest BCUT2D eigenvalue weighted by atomic mass is 10.2. The Bertz CT molecular complexity index is 543. The zero-order valence-electron chi connectivity index (χ0n) is 10.6. The van der Waals surface area contributed by atoms with Gasteiger partial charge in [-0.3, -0.25) is 4.79 Å². The molecule has 1 saturated heterocycles. The van der Waals surface area contributed by atoms with Gasteiger partial charge in [0.2, 0.25) is 5.91 Å².